The number of hydrogen-bond donors (Lipinski definition) is 1. The summed E-state index contributed by atoms with van der Waals surface area (Å²) < 4.78 is 22.6. The number of amides is 2. The van der Waals surface area contributed by atoms with Gasteiger partial charge in [-0.2, -0.15) is 5.10 Å². The van der Waals surface area contributed by atoms with Crippen molar-refractivity contribution in [3.05, 3.63) is 94.6 Å². The lowest BCUT2D eigenvalue weighted by Gasteiger charge is -2.30. The Bertz CT molecular complexity index is 1610. The Kier molecular flexibility index (Phi) is 8.97. The number of nitrogens with one attached hydrogen (secondary N) is 1. The highest BCUT2D eigenvalue weighted by Crippen LogP contribution is 2.42. The lowest BCUT2D eigenvalue weighted by Crippen LogP contribution is -2.35. The lowest BCUT2D eigenvalue weighted by molar-refractivity contribution is -0.118. The first kappa shape index (κ1) is 29.4. The summed E-state index contributed by atoms with van der Waals surface area (Å²) in [6.45, 7) is 7.28. The van der Waals surface area contributed by atoms with E-state index in [4.69, 9.17) is 4.74 Å². The fraction of sp³-hybridized carbons (Fsp3) is 0.303. The summed E-state index contributed by atoms with van der Waals surface area (Å²) >= 11 is 1.73. The van der Waals surface area contributed by atoms with E-state index in [0.29, 0.717) is 42.7 Å². The molecule has 0 atom stereocenters. The number of aromatic nitrogens is 2. The maximum absolute atomic E-state index is 14.9. The van der Waals surface area contributed by atoms with Gasteiger partial charge in [-0.15, -0.1) is 11.8 Å². The zero-order valence-electron chi connectivity index (χ0n) is 24.4. The van der Waals surface area contributed by atoms with Crippen molar-refractivity contribution in [2.24, 2.45) is 0 Å². The quantitative estimate of drug-likeness (QED) is 0.232. The number of thioether (sulfide) groups is 1. The van der Waals surface area contributed by atoms with Crippen LogP contribution >= 0.6 is 11.8 Å². The normalized spacial score (nSPS) is 12.6. The average molecular weight is 587 g/mol. The first-order chi connectivity index (χ1) is 20.3. The summed E-state index contributed by atoms with van der Waals surface area (Å²) in [7, 11) is 1.52. The van der Waals surface area contributed by atoms with E-state index >= 15 is 0 Å². The van der Waals surface area contributed by atoms with E-state index < -0.39 is 5.82 Å². The fourth-order valence-corrected chi connectivity index (χ4v) is 6.30. The van der Waals surface area contributed by atoms with E-state index in [1.54, 1.807) is 35.6 Å². The van der Waals surface area contributed by atoms with Crippen molar-refractivity contribution in [2.75, 3.05) is 30.9 Å². The molecular weight excluding hydrogens is 551 g/mol. The molecule has 42 heavy (non-hydrogen) atoms. The molecule has 3 aromatic carbocycles. The maximum Gasteiger partial charge on any atom is 0.251 e. The molecule has 1 N–H and O–H groups in total. The molecule has 0 saturated heterocycles. The van der Waals surface area contributed by atoms with Crippen molar-refractivity contribution in [2.45, 2.75) is 45.1 Å². The van der Waals surface area contributed by atoms with Crippen LogP contribution in [-0.4, -0.2) is 47.5 Å². The van der Waals surface area contributed by atoms with E-state index in [0.717, 1.165) is 38.8 Å². The van der Waals surface area contributed by atoms with Crippen LogP contribution in [0.25, 0.3) is 11.1 Å². The van der Waals surface area contributed by atoms with Gasteiger partial charge in [0.2, 0.25) is 5.91 Å². The number of carbonyl (C=O) groups is 2. The molecule has 9 heteroatoms. The van der Waals surface area contributed by atoms with Gasteiger partial charge in [0.1, 0.15) is 11.6 Å². The van der Waals surface area contributed by atoms with Crippen molar-refractivity contribution < 1.29 is 18.7 Å². The molecule has 0 spiro atoms. The SMILES string of the molecule is CNC(=O)c1cc(C)c(Cn2cc(-c3cccc4c3SCCN4C(=O)CCCOc3cccc(C)c3C)cn2)c(F)c1. The topological polar surface area (TPSA) is 76.5 Å². The third kappa shape index (κ3) is 6.21. The van der Waals surface area contributed by atoms with E-state index in [1.807, 2.05) is 48.4 Å². The van der Waals surface area contributed by atoms with Gasteiger partial charge < -0.3 is 15.0 Å². The molecule has 1 aliphatic rings. The second kappa shape index (κ2) is 12.8. The smallest absolute Gasteiger partial charge is 0.251 e. The molecule has 0 saturated carbocycles. The van der Waals surface area contributed by atoms with E-state index in [1.165, 1.54) is 18.7 Å². The van der Waals surface area contributed by atoms with Crippen LogP contribution in [0.5, 0.6) is 5.75 Å². The number of fused-ring (bicyclic) bond motifs is 1. The minimum absolute atomic E-state index is 0.0834. The molecule has 0 radical (unpaired) electrons. The minimum Gasteiger partial charge on any atom is -0.493 e. The number of benzene rings is 3. The van der Waals surface area contributed by atoms with Gasteiger partial charge in [-0.1, -0.05) is 24.3 Å². The molecule has 0 fully saturated rings. The van der Waals surface area contributed by atoms with Crippen molar-refractivity contribution in [3.63, 3.8) is 0 Å². The third-order valence-electron chi connectivity index (χ3n) is 7.67. The molecule has 218 valence electrons. The first-order valence-electron chi connectivity index (χ1n) is 14.1. The van der Waals surface area contributed by atoms with Gasteiger partial charge in [0.25, 0.3) is 5.91 Å². The van der Waals surface area contributed by atoms with Gasteiger partial charge in [-0.25, -0.2) is 4.39 Å². The number of halogens is 1. The van der Waals surface area contributed by atoms with Crippen molar-refractivity contribution in [1.82, 2.24) is 15.1 Å². The van der Waals surface area contributed by atoms with E-state index in [9.17, 15) is 14.0 Å². The average Bonchev–Trinajstić information content (AvgIpc) is 3.46. The summed E-state index contributed by atoms with van der Waals surface area (Å²) in [6, 6.07) is 14.9. The van der Waals surface area contributed by atoms with Gasteiger partial charge in [0.05, 0.1) is 25.0 Å². The predicted molar refractivity (Wildman–Crippen MR) is 165 cm³/mol. The summed E-state index contributed by atoms with van der Waals surface area (Å²) in [5.74, 6) is 0.984. The molecule has 5 rings (SSSR count). The van der Waals surface area contributed by atoms with Crippen molar-refractivity contribution in [1.29, 1.82) is 0 Å². The number of anilines is 1. The van der Waals surface area contributed by atoms with Gasteiger partial charge >= 0.3 is 0 Å². The fourth-order valence-electron chi connectivity index (χ4n) is 5.16. The second-order valence-corrected chi connectivity index (χ2v) is 11.6. The van der Waals surface area contributed by atoms with E-state index in [2.05, 4.69) is 23.4 Å². The van der Waals surface area contributed by atoms with Crippen molar-refractivity contribution >= 4 is 29.3 Å². The maximum atomic E-state index is 14.9. The monoisotopic (exact) mass is 586 g/mol. The lowest BCUT2D eigenvalue weighted by atomic mass is 10.0. The Hall–Kier alpha value is -4.11. The molecule has 4 aromatic rings. The van der Waals surface area contributed by atoms with Crippen LogP contribution in [0, 0.1) is 26.6 Å². The Balaban J connectivity index is 1.28. The summed E-state index contributed by atoms with van der Waals surface area (Å²) in [5.41, 5.74) is 6.57. The van der Waals surface area contributed by atoms with Crippen LogP contribution in [0.2, 0.25) is 0 Å². The Labute approximate surface area is 250 Å². The van der Waals surface area contributed by atoms with E-state index in [-0.39, 0.29) is 18.4 Å². The zero-order valence-corrected chi connectivity index (χ0v) is 25.2. The second-order valence-electron chi connectivity index (χ2n) is 10.5. The minimum atomic E-state index is -0.438. The van der Waals surface area contributed by atoms with Gasteiger partial charge in [0.15, 0.2) is 0 Å². The van der Waals surface area contributed by atoms with Gasteiger partial charge in [-0.05, 0) is 68.1 Å². The van der Waals surface area contributed by atoms with Crippen molar-refractivity contribution in [3.8, 4) is 16.9 Å². The number of nitrogens with zero attached hydrogens (tertiary/aromatic N) is 3. The molecule has 2 heterocycles. The molecule has 0 aliphatic carbocycles. The summed E-state index contributed by atoms with van der Waals surface area (Å²) in [5, 5.41) is 7.03. The molecular formula is C33H35FN4O3S. The highest BCUT2D eigenvalue weighted by Gasteiger charge is 2.25. The van der Waals surface area contributed by atoms with Crippen LogP contribution in [0.3, 0.4) is 0 Å². The Morgan fingerprint density at radius 2 is 1.90 bits per heavy atom. The van der Waals surface area contributed by atoms with Crippen LogP contribution in [0.15, 0.2) is 65.8 Å². The summed E-state index contributed by atoms with van der Waals surface area (Å²) in [4.78, 5) is 28.1. The molecule has 2 amide bonds. The number of ether oxygens (including phenoxy) is 1. The van der Waals surface area contributed by atoms with Gasteiger partial charge in [-0.3, -0.25) is 14.3 Å². The molecule has 0 unspecified atom stereocenters. The number of carbonyl (C=O) groups excluding carboxylic acids is 2. The summed E-state index contributed by atoms with van der Waals surface area (Å²) in [6.07, 6.45) is 4.71. The van der Waals surface area contributed by atoms with Crippen LogP contribution < -0.4 is 15.0 Å². The molecule has 1 aliphatic heterocycles. The standard InChI is InChI=1S/C33H35FN4O3S/c1-21-8-5-11-30(23(21)3)41-14-7-12-31(39)38-13-15-42-32-26(9-6-10-29(32)38)25-18-36-37(19-25)20-27-22(2)16-24(17-28(27)34)33(40)35-4/h5-6,8-11,16-19H,7,12-15,20H2,1-4H3,(H,35,40). The predicted octanol–water partition coefficient (Wildman–Crippen LogP) is 6.32. The van der Waals surface area contributed by atoms with Crippen LogP contribution in [-0.2, 0) is 11.3 Å². The zero-order chi connectivity index (χ0) is 29.8. The molecule has 7 nitrogen and oxygen atoms in total. The first-order valence-corrected chi connectivity index (χ1v) is 15.0. The number of hydrogen-bond acceptors (Lipinski definition) is 5. The molecule has 0 bridgehead atoms. The third-order valence-corrected chi connectivity index (χ3v) is 8.77. The number of rotatable bonds is 9. The van der Waals surface area contributed by atoms with Crippen LogP contribution in [0.4, 0.5) is 10.1 Å². The Morgan fingerprint density at radius 1 is 1.10 bits per heavy atom. The largest absolute Gasteiger partial charge is 0.493 e. The highest BCUT2D eigenvalue weighted by atomic mass is 32.2. The van der Waals surface area contributed by atoms with Gasteiger partial charge in [0, 0.05) is 59.1 Å². The highest BCUT2D eigenvalue weighted by molar-refractivity contribution is 7.99. The molecule has 1 aromatic heterocycles. The Morgan fingerprint density at radius 3 is 2.69 bits per heavy atom. The number of aryl methyl sites for hydroxylation is 2. The van der Waals surface area contributed by atoms with Crippen LogP contribution in [0.1, 0.15) is 45.5 Å².